The molecule has 0 spiro atoms. The Labute approximate surface area is 361 Å². The summed E-state index contributed by atoms with van der Waals surface area (Å²) in [6, 6.07) is 79.3. The highest BCUT2D eigenvalue weighted by Crippen LogP contribution is 2.52. The molecule has 1 aliphatic carbocycles. The van der Waals surface area contributed by atoms with Crippen molar-refractivity contribution in [1.29, 1.82) is 0 Å². The highest BCUT2D eigenvalue weighted by atomic mass is 16.5. The minimum atomic E-state index is -0.165. The van der Waals surface area contributed by atoms with Gasteiger partial charge in [-0.1, -0.05) is 200 Å². The monoisotopic (exact) mass is 791 g/mol. The zero-order valence-corrected chi connectivity index (χ0v) is 34.0. The minimum absolute atomic E-state index is 0.109. The topological polar surface area (TPSA) is 12.5 Å². The Hall–Kier alpha value is -7.94. The molecule has 292 valence electrons. The summed E-state index contributed by atoms with van der Waals surface area (Å²) in [6.45, 7) is 0. The second-order valence-electron chi connectivity index (χ2n) is 16.3. The van der Waals surface area contributed by atoms with Gasteiger partial charge in [0, 0.05) is 39.3 Å². The van der Waals surface area contributed by atoms with E-state index in [1.54, 1.807) is 0 Å². The fraction of sp³-hybridized carbons (Fsp3) is 0.0333. The predicted molar refractivity (Wildman–Crippen MR) is 261 cm³/mol. The normalized spacial score (nSPS) is 15.3. The number of allylic oxidation sites excluding steroid dienone is 2. The van der Waals surface area contributed by atoms with E-state index in [4.69, 9.17) is 4.74 Å². The number of anilines is 3. The van der Waals surface area contributed by atoms with Gasteiger partial charge < -0.3 is 9.64 Å². The van der Waals surface area contributed by atoms with Crippen LogP contribution in [0, 0.1) is 0 Å². The molecule has 0 aromatic heterocycles. The Kier molecular flexibility index (Phi) is 8.67. The Bertz CT molecular complexity index is 3380. The van der Waals surface area contributed by atoms with Crippen molar-refractivity contribution in [2.45, 2.75) is 12.0 Å². The maximum atomic E-state index is 7.09. The van der Waals surface area contributed by atoms with Gasteiger partial charge in [0.15, 0.2) is 0 Å². The van der Waals surface area contributed by atoms with Gasteiger partial charge in [-0.25, -0.2) is 0 Å². The van der Waals surface area contributed by atoms with Crippen LogP contribution < -0.4 is 9.64 Å². The molecule has 10 aromatic rings. The molecular formula is C60H41NO. The lowest BCUT2D eigenvalue weighted by Crippen LogP contribution is -2.23. The van der Waals surface area contributed by atoms with E-state index in [0.717, 1.165) is 44.9 Å². The molecule has 1 heterocycles. The van der Waals surface area contributed by atoms with Crippen LogP contribution in [0.4, 0.5) is 17.1 Å². The Balaban J connectivity index is 1.05. The number of nitrogens with zero attached hydrogens (tertiary/aromatic N) is 1. The Morgan fingerprint density at radius 2 is 1.00 bits per heavy atom. The number of hydrogen-bond donors (Lipinski definition) is 0. The van der Waals surface area contributed by atoms with Crippen LogP contribution in [0.5, 0.6) is 5.75 Å². The molecule has 2 nitrogen and oxygen atoms in total. The molecule has 2 heteroatoms. The molecule has 62 heavy (non-hydrogen) atoms. The van der Waals surface area contributed by atoms with Crippen LogP contribution in [-0.2, 0) is 0 Å². The number of ether oxygens (including phenoxy) is 1. The maximum absolute atomic E-state index is 7.09. The molecule has 0 bridgehead atoms. The van der Waals surface area contributed by atoms with Gasteiger partial charge in [0.1, 0.15) is 11.9 Å². The smallest absolute Gasteiger partial charge is 0.135 e. The van der Waals surface area contributed by atoms with E-state index < -0.39 is 0 Å². The standard InChI is InChI=1S/C60H41NO/c1-3-16-40(17-4-1)44-33-37-58(56(38-44)41-18-5-2-6-19-41)61(46-34-30-43(31-35-46)55-39-45-21-8-9-22-47(45)49-24-11-12-25-50(49)55)57-29-14-13-26-51(57)52-27-15-28-53-54-36-32-42-20-7-10-23-48(42)59(54)62-60(52)53/h1-39,53,60H. The van der Waals surface area contributed by atoms with E-state index in [1.807, 2.05) is 0 Å². The van der Waals surface area contributed by atoms with E-state index in [0.29, 0.717) is 0 Å². The van der Waals surface area contributed by atoms with Crippen molar-refractivity contribution in [3.05, 3.63) is 248 Å². The van der Waals surface area contributed by atoms with Crippen LogP contribution in [0.3, 0.4) is 0 Å². The van der Waals surface area contributed by atoms with Crippen LogP contribution >= 0.6 is 0 Å². The molecule has 2 atom stereocenters. The Morgan fingerprint density at radius 1 is 0.387 bits per heavy atom. The molecule has 2 unspecified atom stereocenters. The van der Waals surface area contributed by atoms with Gasteiger partial charge in [-0.3, -0.25) is 0 Å². The van der Waals surface area contributed by atoms with Crippen molar-refractivity contribution in [2.75, 3.05) is 4.90 Å². The molecular weight excluding hydrogens is 751 g/mol. The van der Waals surface area contributed by atoms with Gasteiger partial charge in [-0.15, -0.1) is 0 Å². The van der Waals surface area contributed by atoms with Crippen molar-refractivity contribution in [3.63, 3.8) is 0 Å². The van der Waals surface area contributed by atoms with Crippen molar-refractivity contribution >= 4 is 55.0 Å². The predicted octanol–water partition coefficient (Wildman–Crippen LogP) is 16.1. The van der Waals surface area contributed by atoms with Gasteiger partial charge in [0.25, 0.3) is 0 Å². The fourth-order valence-electron chi connectivity index (χ4n) is 9.89. The molecule has 0 saturated carbocycles. The highest BCUT2D eigenvalue weighted by molar-refractivity contribution is 6.14. The zero-order chi connectivity index (χ0) is 41.0. The average molecular weight is 792 g/mol. The van der Waals surface area contributed by atoms with Crippen molar-refractivity contribution in [3.8, 4) is 39.1 Å². The number of para-hydroxylation sites is 1. The lowest BCUT2D eigenvalue weighted by molar-refractivity contribution is 0.281. The van der Waals surface area contributed by atoms with Gasteiger partial charge in [0.2, 0.25) is 0 Å². The third-order valence-corrected chi connectivity index (χ3v) is 12.8. The summed E-state index contributed by atoms with van der Waals surface area (Å²) in [5.74, 6) is 1.10. The summed E-state index contributed by atoms with van der Waals surface area (Å²) >= 11 is 0. The minimum Gasteiger partial charge on any atom is -0.484 e. The van der Waals surface area contributed by atoms with E-state index in [-0.39, 0.29) is 12.0 Å². The van der Waals surface area contributed by atoms with E-state index >= 15 is 0 Å². The molecule has 0 fully saturated rings. The largest absolute Gasteiger partial charge is 0.484 e. The summed E-state index contributed by atoms with van der Waals surface area (Å²) in [4.78, 5) is 2.46. The third-order valence-electron chi connectivity index (χ3n) is 12.8. The number of rotatable bonds is 7. The molecule has 2 aliphatic rings. The van der Waals surface area contributed by atoms with Gasteiger partial charge in [0.05, 0.1) is 11.4 Å². The first-order valence-electron chi connectivity index (χ1n) is 21.5. The molecule has 0 saturated heterocycles. The molecule has 0 N–H and O–H groups in total. The van der Waals surface area contributed by atoms with Crippen LogP contribution in [0.2, 0.25) is 0 Å². The fourth-order valence-corrected chi connectivity index (χ4v) is 9.89. The summed E-state index contributed by atoms with van der Waals surface area (Å²) < 4.78 is 7.09. The molecule has 1 aliphatic heterocycles. The molecule has 12 rings (SSSR count). The SMILES string of the molecule is C1=CC2c3ccc4ccccc4c3OC2C(c2ccccc2N(c2ccc(-c3cc4ccccc4c4ccccc34)cc2)c2ccc(-c3ccccc3)cc2-c2ccccc2)=C1. The van der Waals surface area contributed by atoms with Crippen LogP contribution in [0.1, 0.15) is 17.0 Å². The first-order chi connectivity index (χ1) is 30.8. The van der Waals surface area contributed by atoms with Crippen LogP contribution in [0.15, 0.2) is 237 Å². The van der Waals surface area contributed by atoms with Gasteiger partial charge >= 0.3 is 0 Å². The first kappa shape index (κ1) is 36.0. The lowest BCUT2D eigenvalue weighted by atomic mass is 9.83. The molecule has 10 aromatic carbocycles. The number of hydrogen-bond acceptors (Lipinski definition) is 2. The zero-order valence-electron chi connectivity index (χ0n) is 34.0. The van der Waals surface area contributed by atoms with Crippen LogP contribution in [0.25, 0.3) is 71.3 Å². The van der Waals surface area contributed by atoms with E-state index in [9.17, 15) is 0 Å². The highest BCUT2D eigenvalue weighted by Gasteiger charge is 2.39. The average Bonchev–Trinajstić information content (AvgIpc) is 3.75. The summed E-state index contributed by atoms with van der Waals surface area (Å²) in [7, 11) is 0. The summed E-state index contributed by atoms with van der Waals surface area (Å²) in [5, 5.41) is 7.38. The second kappa shape index (κ2) is 15.0. The van der Waals surface area contributed by atoms with Crippen molar-refractivity contribution < 1.29 is 4.74 Å². The summed E-state index contributed by atoms with van der Waals surface area (Å²) in [6.07, 6.45) is 6.62. The summed E-state index contributed by atoms with van der Waals surface area (Å²) in [5.41, 5.74) is 13.9. The van der Waals surface area contributed by atoms with Crippen molar-refractivity contribution in [2.24, 2.45) is 0 Å². The molecule has 0 radical (unpaired) electrons. The van der Waals surface area contributed by atoms with E-state index in [1.165, 1.54) is 60.3 Å². The third kappa shape index (κ3) is 6.03. The van der Waals surface area contributed by atoms with E-state index in [2.05, 4.69) is 242 Å². The second-order valence-corrected chi connectivity index (χ2v) is 16.3. The number of fused-ring (bicyclic) bond motifs is 8. The van der Waals surface area contributed by atoms with Crippen molar-refractivity contribution in [1.82, 2.24) is 0 Å². The van der Waals surface area contributed by atoms with Gasteiger partial charge in [-0.05, 0) is 91.1 Å². The lowest BCUT2D eigenvalue weighted by Gasteiger charge is -2.32. The molecule has 0 amide bonds. The first-order valence-corrected chi connectivity index (χ1v) is 21.5. The van der Waals surface area contributed by atoms with Crippen LogP contribution in [-0.4, -0.2) is 6.10 Å². The Morgan fingerprint density at radius 3 is 1.81 bits per heavy atom. The quantitative estimate of drug-likeness (QED) is 0.149. The van der Waals surface area contributed by atoms with Gasteiger partial charge in [-0.2, -0.15) is 0 Å². The maximum Gasteiger partial charge on any atom is 0.135 e. The number of benzene rings is 10.